The smallest absolute Gasteiger partial charge is 0.224 e. The van der Waals surface area contributed by atoms with Gasteiger partial charge in [-0.15, -0.1) is 0 Å². The van der Waals surface area contributed by atoms with E-state index in [0.717, 1.165) is 24.1 Å². The van der Waals surface area contributed by atoms with Gasteiger partial charge in [-0.05, 0) is 32.5 Å². The number of phenols is 1. The van der Waals surface area contributed by atoms with E-state index >= 15 is 0 Å². The maximum absolute atomic E-state index is 14.1. The molecule has 1 saturated carbocycles. The highest BCUT2D eigenvalue weighted by Crippen LogP contribution is 2.53. The number of rotatable bonds is 7. The van der Waals surface area contributed by atoms with Crippen LogP contribution < -0.4 is 5.32 Å². The minimum absolute atomic E-state index is 0.0372. The number of carbonyl (C=O) groups is 1. The summed E-state index contributed by atoms with van der Waals surface area (Å²) < 4.78 is 28.1. The summed E-state index contributed by atoms with van der Waals surface area (Å²) in [6.45, 7) is 2.37. The first kappa shape index (κ1) is 20.3. The molecule has 1 aliphatic rings. The summed E-state index contributed by atoms with van der Waals surface area (Å²) in [6.07, 6.45) is 0.878. The Morgan fingerprint density at radius 2 is 1.86 bits per heavy atom. The molecule has 2 aromatic carbocycles. The SMILES string of the molecule is CN(C)C(CNC(=O)[C@@H]1C[C@@]1(C)c1ccccc1)Cc1c(F)cc(O)cc1F. The summed E-state index contributed by atoms with van der Waals surface area (Å²) in [7, 11) is 3.61. The van der Waals surface area contributed by atoms with Crippen molar-refractivity contribution in [2.24, 2.45) is 5.92 Å². The average Bonchev–Trinajstić information content (AvgIpc) is 3.34. The second kappa shape index (κ2) is 7.87. The summed E-state index contributed by atoms with van der Waals surface area (Å²) in [4.78, 5) is 14.5. The lowest BCUT2D eigenvalue weighted by atomic mass is 9.95. The summed E-state index contributed by atoms with van der Waals surface area (Å²) in [5.41, 5.74) is 0.896. The van der Waals surface area contributed by atoms with Gasteiger partial charge < -0.3 is 15.3 Å². The van der Waals surface area contributed by atoms with E-state index in [0.29, 0.717) is 0 Å². The molecule has 0 bridgehead atoms. The molecule has 1 aliphatic carbocycles. The van der Waals surface area contributed by atoms with Crippen LogP contribution in [0.3, 0.4) is 0 Å². The molecule has 2 aromatic rings. The van der Waals surface area contributed by atoms with Crippen molar-refractivity contribution in [3.05, 3.63) is 65.2 Å². The Bertz CT molecular complexity index is 834. The maximum Gasteiger partial charge on any atom is 0.224 e. The lowest BCUT2D eigenvalue weighted by Crippen LogP contribution is -2.42. The molecule has 0 radical (unpaired) electrons. The van der Waals surface area contributed by atoms with Crippen LogP contribution in [0.15, 0.2) is 42.5 Å². The number of aromatic hydroxyl groups is 1. The molecule has 0 heterocycles. The van der Waals surface area contributed by atoms with Crippen molar-refractivity contribution in [2.45, 2.75) is 31.2 Å². The third-order valence-electron chi connectivity index (χ3n) is 5.79. The van der Waals surface area contributed by atoms with Gasteiger partial charge in [0, 0.05) is 41.6 Å². The van der Waals surface area contributed by atoms with Crippen molar-refractivity contribution < 1.29 is 18.7 Å². The van der Waals surface area contributed by atoms with Crippen molar-refractivity contribution in [1.29, 1.82) is 0 Å². The Balaban J connectivity index is 1.63. The second-order valence-electron chi connectivity index (χ2n) is 7.99. The number of hydrogen-bond acceptors (Lipinski definition) is 3. The van der Waals surface area contributed by atoms with Crippen LogP contribution in [-0.2, 0) is 16.6 Å². The van der Waals surface area contributed by atoms with E-state index in [1.54, 1.807) is 14.1 Å². The molecule has 6 heteroatoms. The van der Waals surface area contributed by atoms with Crippen molar-refractivity contribution in [3.63, 3.8) is 0 Å². The Hall–Kier alpha value is -2.47. The van der Waals surface area contributed by atoms with E-state index in [1.165, 1.54) is 0 Å². The first-order valence-corrected chi connectivity index (χ1v) is 9.39. The third-order valence-corrected chi connectivity index (χ3v) is 5.79. The molecular weight excluding hydrogens is 362 g/mol. The number of phenolic OH excluding ortho intramolecular Hbond substituents is 1. The van der Waals surface area contributed by atoms with Crippen molar-refractivity contribution in [2.75, 3.05) is 20.6 Å². The number of nitrogens with one attached hydrogen (secondary N) is 1. The van der Waals surface area contributed by atoms with Crippen LogP contribution in [0.1, 0.15) is 24.5 Å². The molecule has 3 rings (SSSR count). The monoisotopic (exact) mass is 388 g/mol. The molecule has 0 spiro atoms. The quantitative estimate of drug-likeness (QED) is 0.766. The van der Waals surface area contributed by atoms with E-state index in [9.17, 15) is 18.7 Å². The minimum atomic E-state index is -0.783. The molecule has 1 fully saturated rings. The lowest BCUT2D eigenvalue weighted by Gasteiger charge is -2.25. The Morgan fingerprint density at radius 1 is 1.25 bits per heavy atom. The number of nitrogens with zero attached hydrogens (tertiary/aromatic N) is 1. The first-order valence-electron chi connectivity index (χ1n) is 9.39. The summed E-state index contributed by atoms with van der Waals surface area (Å²) in [5.74, 6) is -2.14. The van der Waals surface area contributed by atoms with E-state index in [1.807, 2.05) is 35.2 Å². The molecule has 0 aliphatic heterocycles. The van der Waals surface area contributed by atoms with Gasteiger partial charge in [-0.3, -0.25) is 4.79 Å². The topological polar surface area (TPSA) is 52.6 Å². The van der Waals surface area contributed by atoms with Crippen LogP contribution in [0, 0.1) is 17.6 Å². The molecule has 4 nitrogen and oxygen atoms in total. The van der Waals surface area contributed by atoms with Crippen molar-refractivity contribution in [3.8, 4) is 5.75 Å². The van der Waals surface area contributed by atoms with Crippen LogP contribution in [0.2, 0.25) is 0 Å². The van der Waals surface area contributed by atoms with E-state index in [4.69, 9.17) is 0 Å². The van der Waals surface area contributed by atoms with Gasteiger partial charge >= 0.3 is 0 Å². The first-order chi connectivity index (χ1) is 13.2. The predicted octanol–water partition coefficient (Wildman–Crippen LogP) is 3.24. The molecule has 150 valence electrons. The van der Waals surface area contributed by atoms with Crippen LogP contribution in [0.25, 0.3) is 0 Å². The highest BCUT2D eigenvalue weighted by Gasteiger charge is 2.55. The van der Waals surface area contributed by atoms with Crippen molar-refractivity contribution >= 4 is 5.91 Å². The van der Waals surface area contributed by atoms with Gasteiger partial charge in [-0.2, -0.15) is 0 Å². The highest BCUT2D eigenvalue weighted by atomic mass is 19.1. The van der Waals surface area contributed by atoms with Gasteiger partial charge in [-0.1, -0.05) is 37.3 Å². The number of benzene rings is 2. The maximum atomic E-state index is 14.1. The molecule has 0 saturated heterocycles. The largest absolute Gasteiger partial charge is 0.508 e. The van der Waals surface area contributed by atoms with Gasteiger partial charge in [0.2, 0.25) is 5.91 Å². The van der Waals surface area contributed by atoms with Crippen LogP contribution in [0.5, 0.6) is 5.75 Å². The summed E-state index contributed by atoms with van der Waals surface area (Å²) in [6, 6.07) is 11.5. The fourth-order valence-corrected chi connectivity index (χ4v) is 3.68. The lowest BCUT2D eigenvalue weighted by molar-refractivity contribution is -0.122. The number of hydrogen-bond donors (Lipinski definition) is 2. The number of carbonyl (C=O) groups excluding carboxylic acids is 1. The number of halogens is 2. The average molecular weight is 388 g/mol. The zero-order valence-electron chi connectivity index (χ0n) is 16.4. The number of amides is 1. The van der Waals surface area contributed by atoms with Gasteiger partial charge in [0.15, 0.2) is 0 Å². The Morgan fingerprint density at radius 3 is 2.43 bits per heavy atom. The van der Waals surface area contributed by atoms with Gasteiger partial charge in [0.05, 0.1) is 0 Å². The normalized spacial score (nSPS) is 22.1. The van der Waals surface area contributed by atoms with Crippen LogP contribution in [0.4, 0.5) is 8.78 Å². The molecule has 2 N–H and O–H groups in total. The molecule has 28 heavy (non-hydrogen) atoms. The summed E-state index contributed by atoms with van der Waals surface area (Å²) >= 11 is 0. The van der Waals surface area contributed by atoms with Crippen LogP contribution >= 0.6 is 0 Å². The molecule has 3 atom stereocenters. The van der Waals surface area contributed by atoms with Gasteiger partial charge in [0.1, 0.15) is 17.4 Å². The molecule has 1 amide bonds. The van der Waals surface area contributed by atoms with E-state index in [2.05, 4.69) is 12.2 Å². The molecule has 0 aromatic heterocycles. The standard InChI is InChI=1S/C22H26F2N2O2/c1-22(14-7-5-4-6-8-14)12-18(22)21(28)25-13-15(26(2)3)9-17-19(23)10-16(27)11-20(17)24/h4-8,10-11,15,18,27H,9,12-13H2,1-3H3,(H,25,28)/t15?,18-,22-/m0/s1. The van der Waals surface area contributed by atoms with Gasteiger partial charge in [0.25, 0.3) is 0 Å². The zero-order valence-corrected chi connectivity index (χ0v) is 16.4. The third kappa shape index (κ3) is 4.17. The van der Waals surface area contributed by atoms with Crippen molar-refractivity contribution in [1.82, 2.24) is 10.2 Å². The van der Waals surface area contributed by atoms with Gasteiger partial charge in [-0.25, -0.2) is 8.78 Å². The second-order valence-corrected chi connectivity index (χ2v) is 7.99. The predicted molar refractivity (Wildman–Crippen MR) is 104 cm³/mol. The Labute approximate surface area is 164 Å². The number of likely N-dealkylation sites (N-methyl/N-ethyl adjacent to an activating group) is 1. The fraction of sp³-hybridized carbons (Fsp3) is 0.409. The van der Waals surface area contributed by atoms with E-state index < -0.39 is 17.4 Å². The molecule has 1 unspecified atom stereocenters. The Kier molecular flexibility index (Phi) is 5.70. The minimum Gasteiger partial charge on any atom is -0.508 e. The summed E-state index contributed by atoms with van der Waals surface area (Å²) in [5, 5.41) is 12.2. The molecular formula is C22H26F2N2O2. The van der Waals surface area contributed by atoms with E-state index in [-0.39, 0.29) is 41.8 Å². The van der Waals surface area contributed by atoms with Crippen LogP contribution in [-0.4, -0.2) is 42.6 Å². The fourth-order valence-electron chi connectivity index (χ4n) is 3.68. The zero-order chi connectivity index (χ0) is 20.5. The highest BCUT2D eigenvalue weighted by molar-refractivity contribution is 5.84.